The van der Waals surface area contributed by atoms with Gasteiger partial charge in [-0.05, 0) is 44.5 Å². The Hall–Kier alpha value is -2.41. The van der Waals surface area contributed by atoms with Crippen LogP contribution in [0.1, 0.15) is 32.3 Å². The van der Waals surface area contributed by atoms with Gasteiger partial charge in [0.1, 0.15) is 6.33 Å². The molecule has 1 aliphatic heterocycles. The van der Waals surface area contributed by atoms with Crippen LogP contribution in [-0.4, -0.2) is 70.2 Å². The van der Waals surface area contributed by atoms with E-state index in [9.17, 15) is 0 Å². The fraction of sp³-hybridized carbons (Fsp3) is 0.550. The van der Waals surface area contributed by atoms with Gasteiger partial charge in [0.05, 0.1) is 6.54 Å². The maximum Gasteiger partial charge on any atom is 0.194 e. The Kier molecular flexibility index (Phi) is 6.81. The fourth-order valence-corrected chi connectivity index (χ4v) is 3.72. The predicted octanol–water partition coefficient (Wildman–Crippen LogP) is 2.35. The first-order valence-corrected chi connectivity index (χ1v) is 9.89. The van der Waals surface area contributed by atoms with Crippen molar-refractivity contribution >= 4 is 5.96 Å². The molecule has 0 radical (unpaired) electrons. The highest BCUT2D eigenvalue weighted by Crippen LogP contribution is 2.18. The van der Waals surface area contributed by atoms with E-state index in [1.807, 2.05) is 12.1 Å². The number of nitrogens with zero attached hydrogens (tertiary/aromatic N) is 5. The van der Waals surface area contributed by atoms with Crippen LogP contribution in [0.2, 0.25) is 0 Å². The molecule has 2 N–H and O–H groups in total. The Morgan fingerprint density at radius 3 is 3.04 bits per heavy atom. The second-order valence-electron chi connectivity index (χ2n) is 7.01. The molecule has 0 aliphatic carbocycles. The molecule has 0 saturated carbocycles. The lowest BCUT2D eigenvalue weighted by molar-refractivity contribution is 0.232. The van der Waals surface area contributed by atoms with Crippen LogP contribution in [0, 0.1) is 0 Å². The quantitative estimate of drug-likeness (QED) is 0.579. The van der Waals surface area contributed by atoms with E-state index in [0.29, 0.717) is 12.6 Å². The van der Waals surface area contributed by atoms with Crippen molar-refractivity contribution in [3.05, 3.63) is 36.2 Å². The monoisotopic (exact) mass is 369 g/mol. The number of rotatable bonds is 7. The van der Waals surface area contributed by atoms with Gasteiger partial charge >= 0.3 is 0 Å². The standard InChI is InChI=1S/C20H31N7/c1-4-21-20(26(3)14-18-10-7-11-27(18)5-2)22-13-16-8-6-9-17(12-16)19-23-15-24-25-19/h6,8-9,12,15,18H,4-5,7,10-11,13-14H2,1-3H3,(H,21,22)(H,23,24,25). The van der Waals surface area contributed by atoms with Gasteiger partial charge in [-0.25, -0.2) is 9.98 Å². The summed E-state index contributed by atoms with van der Waals surface area (Å²) in [5.74, 6) is 1.75. The first kappa shape index (κ1) is 19.4. The molecule has 2 heterocycles. The SMILES string of the molecule is CCNC(=NCc1cccc(-c2ncn[nH]2)c1)N(C)CC1CCCN1CC. The molecule has 1 unspecified atom stereocenters. The maximum atomic E-state index is 4.87. The third-order valence-electron chi connectivity index (χ3n) is 5.11. The Labute approximate surface area is 161 Å². The van der Waals surface area contributed by atoms with E-state index in [2.05, 4.69) is 63.3 Å². The summed E-state index contributed by atoms with van der Waals surface area (Å²) < 4.78 is 0. The molecule has 0 spiro atoms. The summed E-state index contributed by atoms with van der Waals surface area (Å²) >= 11 is 0. The molecule has 7 heteroatoms. The molecule has 1 saturated heterocycles. The molecule has 0 bridgehead atoms. The van der Waals surface area contributed by atoms with Crippen molar-refractivity contribution < 1.29 is 0 Å². The number of benzene rings is 1. The van der Waals surface area contributed by atoms with Crippen molar-refractivity contribution in [2.24, 2.45) is 4.99 Å². The van der Waals surface area contributed by atoms with Crippen LogP contribution in [0.15, 0.2) is 35.6 Å². The number of guanidine groups is 1. The van der Waals surface area contributed by atoms with Gasteiger partial charge in [0, 0.05) is 31.7 Å². The Balaban J connectivity index is 1.67. The van der Waals surface area contributed by atoms with Crippen molar-refractivity contribution in [2.45, 2.75) is 39.3 Å². The minimum absolute atomic E-state index is 0.624. The summed E-state index contributed by atoms with van der Waals surface area (Å²) in [6, 6.07) is 8.91. The molecular formula is C20H31N7. The van der Waals surface area contributed by atoms with Crippen LogP contribution >= 0.6 is 0 Å². The Bertz CT molecular complexity index is 726. The lowest BCUT2D eigenvalue weighted by Crippen LogP contribution is -2.45. The van der Waals surface area contributed by atoms with Gasteiger partial charge in [0.2, 0.25) is 0 Å². The molecule has 1 fully saturated rings. The van der Waals surface area contributed by atoms with E-state index in [0.717, 1.165) is 42.5 Å². The smallest absolute Gasteiger partial charge is 0.194 e. The maximum absolute atomic E-state index is 4.87. The normalized spacial score (nSPS) is 18.0. The summed E-state index contributed by atoms with van der Waals surface area (Å²) in [5.41, 5.74) is 2.19. The minimum atomic E-state index is 0.624. The van der Waals surface area contributed by atoms with Crippen LogP contribution in [-0.2, 0) is 6.54 Å². The number of aromatic amines is 1. The number of likely N-dealkylation sites (tertiary alicyclic amines) is 1. The van der Waals surface area contributed by atoms with Gasteiger partial charge in [-0.15, -0.1) is 0 Å². The van der Waals surface area contributed by atoms with E-state index >= 15 is 0 Å². The van der Waals surface area contributed by atoms with Crippen LogP contribution in [0.3, 0.4) is 0 Å². The van der Waals surface area contributed by atoms with Crippen molar-refractivity contribution in [3.8, 4) is 11.4 Å². The van der Waals surface area contributed by atoms with E-state index in [1.54, 1.807) is 0 Å². The van der Waals surface area contributed by atoms with Crippen molar-refractivity contribution in [3.63, 3.8) is 0 Å². The summed E-state index contributed by atoms with van der Waals surface area (Å²) in [4.78, 5) is 13.9. The number of hydrogen-bond donors (Lipinski definition) is 2. The zero-order valence-corrected chi connectivity index (χ0v) is 16.6. The van der Waals surface area contributed by atoms with Crippen molar-refractivity contribution in [1.29, 1.82) is 0 Å². The van der Waals surface area contributed by atoms with E-state index in [1.165, 1.54) is 25.7 Å². The highest BCUT2D eigenvalue weighted by atomic mass is 15.3. The number of H-pyrrole nitrogens is 1. The van der Waals surface area contributed by atoms with Crippen LogP contribution in [0.25, 0.3) is 11.4 Å². The van der Waals surface area contributed by atoms with Gasteiger partial charge in [-0.2, -0.15) is 5.10 Å². The molecule has 7 nitrogen and oxygen atoms in total. The topological polar surface area (TPSA) is 72.4 Å². The zero-order valence-electron chi connectivity index (χ0n) is 16.6. The van der Waals surface area contributed by atoms with Crippen LogP contribution in [0.5, 0.6) is 0 Å². The summed E-state index contributed by atoms with van der Waals surface area (Å²) in [6.45, 7) is 9.22. The lowest BCUT2D eigenvalue weighted by atomic mass is 10.1. The molecule has 2 aromatic rings. The first-order chi connectivity index (χ1) is 13.2. The zero-order chi connectivity index (χ0) is 19.1. The third kappa shape index (κ3) is 5.07. The number of aromatic nitrogens is 3. The van der Waals surface area contributed by atoms with E-state index in [4.69, 9.17) is 4.99 Å². The largest absolute Gasteiger partial charge is 0.357 e. The Morgan fingerprint density at radius 2 is 2.30 bits per heavy atom. The number of hydrogen-bond acceptors (Lipinski definition) is 4. The fourth-order valence-electron chi connectivity index (χ4n) is 3.72. The van der Waals surface area contributed by atoms with Gasteiger partial charge in [0.15, 0.2) is 11.8 Å². The van der Waals surface area contributed by atoms with Crippen molar-refractivity contribution in [2.75, 3.05) is 33.2 Å². The molecule has 1 aliphatic rings. The summed E-state index contributed by atoms with van der Waals surface area (Å²) in [6.07, 6.45) is 4.10. The van der Waals surface area contributed by atoms with Crippen molar-refractivity contribution in [1.82, 2.24) is 30.3 Å². The molecule has 27 heavy (non-hydrogen) atoms. The van der Waals surface area contributed by atoms with Crippen LogP contribution < -0.4 is 5.32 Å². The number of nitrogens with one attached hydrogen (secondary N) is 2. The summed E-state index contributed by atoms with van der Waals surface area (Å²) in [5, 5.41) is 10.3. The van der Waals surface area contributed by atoms with Gasteiger partial charge < -0.3 is 10.2 Å². The number of likely N-dealkylation sites (N-methyl/N-ethyl adjacent to an activating group) is 2. The average molecular weight is 370 g/mol. The molecule has 1 atom stereocenters. The molecule has 0 amide bonds. The highest BCUT2D eigenvalue weighted by Gasteiger charge is 2.24. The average Bonchev–Trinajstić information content (AvgIpc) is 3.37. The second kappa shape index (κ2) is 9.50. The van der Waals surface area contributed by atoms with Gasteiger partial charge in [-0.3, -0.25) is 10.00 Å². The van der Waals surface area contributed by atoms with E-state index < -0.39 is 0 Å². The lowest BCUT2D eigenvalue weighted by Gasteiger charge is -2.29. The third-order valence-corrected chi connectivity index (χ3v) is 5.11. The van der Waals surface area contributed by atoms with E-state index in [-0.39, 0.29) is 0 Å². The summed E-state index contributed by atoms with van der Waals surface area (Å²) in [7, 11) is 2.14. The van der Waals surface area contributed by atoms with Gasteiger partial charge in [-0.1, -0.05) is 25.1 Å². The molecule has 1 aromatic heterocycles. The second-order valence-corrected chi connectivity index (χ2v) is 7.01. The number of aliphatic imine (C=N–C) groups is 1. The first-order valence-electron chi connectivity index (χ1n) is 9.89. The molecule has 1 aromatic carbocycles. The molecule has 146 valence electrons. The molecule has 3 rings (SSSR count). The van der Waals surface area contributed by atoms with Gasteiger partial charge in [0.25, 0.3) is 0 Å². The highest BCUT2D eigenvalue weighted by molar-refractivity contribution is 5.79. The molecular weight excluding hydrogens is 338 g/mol. The predicted molar refractivity (Wildman–Crippen MR) is 110 cm³/mol. The minimum Gasteiger partial charge on any atom is -0.357 e. The van der Waals surface area contributed by atoms with Crippen LogP contribution in [0.4, 0.5) is 0 Å². The Morgan fingerprint density at radius 1 is 1.41 bits per heavy atom.